The predicted octanol–water partition coefficient (Wildman–Crippen LogP) is 2.99. The van der Waals surface area contributed by atoms with E-state index in [2.05, 4.69) is 0 Å². The van der Waals surface area contributed by atoms with Crippen LogP contribution in [0.3, 0.4) is 0 Å². The molecule has 1 atom stereocenters. The second kappa shape index (κ2) is 6.89. The van der Waals surface area contributed by atoms with Crippen LogP contribution in [0.1, 0.15) is 34.0 Å². The highest BCUT2D eigenvalue weighted by Crippen LogP contribution is 2.21. The van der Waals surface area contributed by atoms with Crippen molar-refractivity contribution in [3.8, 4) is 0 Å². The van der Waals surface area contributed by atoms with Gasteiger partial charge in [0.15, 0.2) is 5.78 Å². The highest BCUT2D eigenvalue weighted by molar-refractivity contribution is 7.12. The Morgan fingerprint density at radius 1 is 1.47 bits per heavy atom. The monoisotopic (exact) mass is 256 g/mol. The van der Waals surface area contributed by atoms with Crippen molar-refractivity contribution in [3.05, 3.63) is 21.4 Å². The maximum absolute atomic E-state index is 11.9. The molecule has 17 heavy (non-hydrogen) atoms. The Morgan fingerprint density at radius 3 is 2.71 bits per heavy atom. The van der Waals surface area contributed by atoms with E-state index < -0.39 is 0 Å². The molecule has 0 N–H and O–H groups in total. The van der Waals surface area contributed by atoms with E-state index in [9.17, 15) is 4.79 Å². The minimum Gasteiger partial charge on any atom is -0.379 e. The summed E-state index contributed by atoms with van der Waals surface area (Å²) in [6.07, 6.45) is -0.0426. The molecule has 3 nitrogen and oxygen atoms in total. The Balaban J connectivity index is 2.42. The molecule has 1 aromatic heterocycles. The van der Waals surface area contributed by atoms with E-state index in [1.165, 1.54) is 0 Å². The topological polar surface area (TPSA) is 35.5 Å². The summed E-state index contributed by atoms with van der Waals surface area (Å²) in [7, 11) is 0. The molecule has 0 aliphatic carbocycles. The van der Waals surface area contributed by atoms with E-state index in [1.807, 2.05) is 33.8 Å². The number of carbonyl (C=O) groups is 1. The normalized spacial score (nSPS) is 12.7. The first kappa shape index (κ1) is 14.4. The summed E-state index contributed by atoms with van der Waals surface area (Å²) in [5.41, 5.74) is 0.788. The number of thiophene rings is 1. The summed E-state index contributed by atoms with van der Waals surface area (Å²) in [6.45, 7) is 9.16. The molecule has 1 aromatic rings. The Labute approximate surface area is 107 Å². The van der Waals surface area contributed by atoms with Gasteiger partial charge in [0, 0.05) is 21.9 Å². The zero-order valence-corrected chi connectivity index (χ0v) is 11.7. The lowest BCUT2D eigenvalue weighted by atomic mass is 10.2. The number of Topliss-reactive ketones (excluding diaryl/α,β-unsaturated/α-hetero) is 1. The van der Waals surface area contributed by atoms with Crippen molar-refractivity contribution in [2.24, 2.45) is 0 Å². The summed E-state index contributed by atoms with van der Waals surface area (Å²) >= 11 is 1.64. The number of hydrogen-bond acceptors (Lipinski definition) is 4. The van der Waals surface area contributed by atoms with Crippen LogP contribution in [-0.2, 0) is 9.47 Å². The fourth-order valence-electron chi connectivity index (χ4n) is 1.54. The smallest absolute Gasteiger partial charge is 0.189 e. The zero-order valence-electron chi connectivity index (χ0n) is 10.9. The standard InChI is InChI=1S/C13H20O3S/c1-5-15-7-9(2)16-8-13(14)12-6-10(3)17-11(12)4/h6,9H,5,7-8H2,1-4H3. The van der Waals surface area contributed by atoms with Crippen LogP contribution in [0.4, 0.5) is 0 Å². The molecule has 1 rings (SSSR count). The van der Waals surface area contributed by atoms with Gasteiger partial charge in [0.2, 0.25) is 0 Å². The Hall–Kier alpha value is -0.710. The molecule has 0 aliphatic rings. The number of ketones is 1. The summed E-state index contributed by atoms with van der Waals surface area (Å²) in [5.74, 6) is 0.0511. The van der Waals surface area contributed by atoms with Gasteiger partial charge in [-0.3, -0.25) is 4.79 Å². The van der Waals surface area contributed by atoms with E-state index in [0.29, 0.717) is 13.2 Å². The first-order valence-electron chi connectivity index (χ1n) is 5.84. The number of ether oxygens (including phenoxy) is 2. The minimum atomic E-state index is -0.0426. The van der Waals surface area contributed by atoms with Gasteiger partial charge in [-0.15, -0.1) is 11.3 Å². The number of rotatable bonds is 7. The zero-order chi connectivity index (χ0) is 12.8. The molecule has 0 fully saturated rings. The van der Waals surface area contributed by atoms with E-state index >= 15 is 0 Å². The molecule has 1 unspecified atom stereocenters. The van der Waals surface area contributed by atoms with Crippen LogP contribution in [0.2, 0.25) is 0 Å². The summed E-state index contributed by atoms with van der Waals surface area (Å²) in [4.78, 5) is 14.1. The van der Waals surface area contributed by atoms with Gasteiger partial charge in [-0.05, 0) is 33.8 Å². The molecule has 4 heteroatoms. The van der Waals surface area contributed by atoms with Crippen LogP contribution in [0.5, 0.6) is 0 Å². The third-order valence-corrected chi connectivity index (χ3v) is 3.36. The van der Waals surface area contributed by atoms with E-state index in [-0.39, 0.29) is 18.5 Å². The van der Waals surface area contributed by atoms with Gasteiger partial charge in [0.25, 0.3) is 0 Å². The third-order valence-electron chi connectivity index (χ3n) is 2.40. The van der Waals surface area contributed by atoms with E-state index in [1.54, 1.807) is 11.3 Å². The minimum absolute atomic E-state index is 0.0426. The molecule has 0 spiro atoms. The number of hydrogen-bond donors (Lipinski definition) is 0. The number of aryl methyl sites for hydroxylation is 2. The van der Waals surface area contributed by atoms with Crippen LogP contribution in [0, 0.1) is 13.8 Å². The second-order valence-corrected chi connectivity index (χ2v) is 5.49. The van der Waals surface area contributed by atoms with Gasteiger partial charge in [-0.1, -0.05) is 0 Å². The lowest BCUT2D eigenvalue weighted by Gasteiger charge is -2.11. The van der Waals surface area contributed by atoms with Crippen molar-refractivity contribution in [2.75, 3.05) is 19.8 Å². The van der Waals surface area contributed by atoms with Crippen molar-refractivity contribution >= 4 is 17.1 Å². The second-order valence-electron chi connectivity index (χ2n) is 4.03. The molecule has 0 saturated carbocycles. The Kier molecular flexibility index (Phi) is 5.82. The van der Waals surface area contributed by atoms with Crippen molar-refractivity contribution in [3.63, 3.8) is 0 Å². The van der Waals surface area contributed by atoms with Gasteiger partial charge in [0.1, 0.15) is 6.61 Å². The lowest BCUT2D eigenvalue weighted by molar-refractivity contribution is 0.00115. The van der Waals surface area contributed by atoms with Crippen LogP contribution in [-0.4, -0.2) is 31.7 Å². The molecule has 0 aliphatic heterocycles. The van der Waals surface area contributed by atoms with Gasteiger partial charge >= 0.3 is 0 Å². The van der Waals surface area contributed by atoms with Crippen molar-refractivity contribution in [1.82, 2.24) is 0 Å². The van der Waals surface area contributed by atoms with Crippen molar-refractivity contribution < 1.29 is 14.3 Å². The molecule has 0 radical (unpaired) electrons. The average Bonchev–Trinajstić information content (AvgIpc) is 2.62. The van der Waals surface area contributed by atoms with E-state index in [0.717, 1.165) is 15.3 Å². The maximum atomic E-state index is 11.9. The molecule has 0 amide bonds. The highest BCUT2D eigenvalue weighted by Gasteiger charge is 2.13. The molecule has 96 valence electrons. The SMILES string of the molecule is CCOCC(C)OCC(=O)c1cc(C)sc1C. The van der Waals surface area contributed by atoms with Crippen LogP contribution in [0.25, 0.3) is 0 Å². The van der Waals surface area contributed by atoms with Gasteiger partial charge in [-0.2, -0.15) is 0 Å². The first-order valence-corrected chi connectivity index (χ1v) is 6.65. The van der Waals surface area contributed by atoms with Gasteiger partial charge < -0.3 is 9.47 Å². The molecule has 0 bridgehead atoms. The maximum Gasteiger partial charge on any atom is 0.189 e. The van der Waals surface area contributed by atoms with Gasteiger partial charge in [0.05, 0.1) is 12.7 Å². The average molecular weight is 256 g/mol. The molecular formula is C13H20O3S. The van der Waals surface area contributed by atoms with E-state index in [4.69, 9.17) is 9.47 Å². The first-order chi connectivity index (χ1) is 8.04. The largest absolute Gasteiger partial charge is 0.379 e. The number of carbonyl (C=O) groups excluding carboxylic acids is 1. The highest BCUT2D eigenvalue weighted by atomic mass is 32.1. The van der Waals surface area contributed by atoms with Crippen LogP contribution < -0.4 is 0 Å². The lowest BCUT2D eigenvalue weighted by Crippen LogP contribution is -2.20. The van der Waals surface area contributed by atoms with Crippen LogP contribution in [0.15, 0.2) is 6.07 Å². The Bertz CT molecular complexity index is 371. The summed E-state index contributed by atoms with van der Waals surface area (Å²) in [6, 6.07) is 1.93. The van der Waals surface area contributed by atoms with Crippen molar-refractivity contribution in [2.45, 2.75) is 33.8 Å². The van der Waals surface area contributed by atoms with Crippen molar-refractivity contribution in [1.29, 1.82) is 0 Å². The Morgan fingerprint density at radius 2 is 2.18 bits per heavy atom. The fraction of sp³-hybridized carbons (Fsp3) is 0.615. The predicted molar refractivity (Wildman–Crippen MR) is 70.0 cm³/mol. The molecule has 1 heterocycles. The molecule has 0 saturated heterocycles. The van der Waals surface area contributed by atoms with Gasteiger partial charge in [-0.25, -0.2) is 0 Å². The van der Waals surface area contributed by atoms with Crippen LogP contribution >= 0.6 is 11.3 Å². The third kappa shape index (κ3) is 4.58. The molecular weight excluding hydrogens is 236 g/mol. The summed E-state index contributed by atoms with van der Waals surface area (Å²) < 4.78 is 10.7. The fourth-order valence-corrected chi connectivity index (χ4v) is 2.48. The quantitative estimate of drug-likeness (QED) is 0.704. The summed E-state index contributed by atoms with van der Waals surface area (Å²) in [5, 5.41) is 0. The molecule has 0 aromatic carbocycles.